The average molecular weight is 266 g/mol. The Kier molecular flexibility index (Phi) is 2.35. The molecule has 4 rings (SSSR count). The van der Waals surface area contributed by atoms with Crippen LogP contribution in [0.2, 0.25) is 0 Å². The summed E-state index contributed by atoms with van der Waals surface area (Å²) in [4.78, 5) is 4.83. The molecule has 1 atom stereocenters. The van der Waals surface area contributed by atoms with Gasteiger partial charge in [-0.15, -0.1) is 11.3 Å². The van der Waals surface area contributed by atoms with Crippen LogP contribution >= 0.6 is 11.3 Å². The molecule has 0 aliphatic carbocycles. The number of benzene rings is 2. The highest BCUT2D eigenvalue weighted by atomic mass is 32.1. The minimum absolute atomic E-state index is 0.328. The van der Waals surface area contributed by atoms with Crippen molar-refractivity contribution in [3.05, 3.63) is 58.6 Å². The third kappa shape index (κ3) is 1.73. The van der Waals surface area contributed by atoms with Gasteiger partial charge in [-0.1, -0.05) is 30.3 Å². The molecule has 0 saturated carbocycles. The third-order valence-corrected chi connectivity index (χ3v) is 4.84. The smallest absolute Gasteiger partial charge is 0.117 e. The zero-order chi connectivity index (χ0) is 12.8. The van der Waals surface area contributed by atoms with Crippen LogP contribution in [0.1, 0.15) is 22.2 Å². The van der Waals surface area contributed by atoms with Crippen molar-refractivity contribution in [3.8, 4) is 0 Å². The van der Waals surface area contributed by atoms with Crippen LogP contribution in [0, 0.1) is 6.92 Å². The number of nitrogens with one attached hydrogen (secondary N) is 1. The Balaban J connectivity index is 1.75. The quantitative estimate of drug-likeness (QED) is 0.709. The molecule has 1 unspecified atom stereocenters. The van der Waals surface area contributed by atoms with Gasteiger partial charge in [0.15, 0.2) is 0 Å². The number of aryl methyl sites for hydroxylation is 1. The first-order valence-corrected chi connectivity index (χ1v) is 7.33. The standard InChI is InChI=1S/C16H14N2S/c1-10-5-4-8-14-15(10)18-16(19-14)13-9-11-6-2-3-7-12(11)17-13/h2-8,13,17H,9H2,1H3. The molecule has 2 heterocycles. The van der Waals surface area contributed by atoms with E-state index < -0.39 is 0 Å². The van der Waals surface area contributed by atoms with Crippen molar-refractivity contribution in [2.75, 3.05) is 5.32 Å². The second-order valence-corrected chi connectivity index (χ2v) is 6.09. The van der Waals surface area contributed by atoms with Gasteiger partial charge in [0.05, 0.1) is 16.3 Å². The summed E-state index contributed by atoms with van der Waals surface area (Å²) in [6.45, 7) is 2.13. The van der Waals surface area contributed by atoms with E-state index in [0.29, 0.717) is 6.04 Å². The van der Waals surface area contributed by atoms with Gasteiger partial charge in [-0.3, -0.25) is 0 Å². The van der Waals surface area contributed by atoms with Crippen molar-refractivity contribution < 1.29 is 0 Å². The molecule has 0 radical (unpaired) electrons. The van der Waals surface area contributed by atoms with E-state index >= 15 is 0 Å². The highest BCUT2D eigenvalue weighted by Gasteiger charge is 2.24. The number of hydrogen-bond donors (Lipinski definition) is 1. The minimum Gasteiger partial charge on any atom is -0.375 e. The van der Waals surface area contributed by atoms with E-state index in [-0.39, 0.29) is 0 Å². The van der Waals surface area contributed by atoms with Crippen LogP contribution in [0.3, 0.4) is 0 Å². The molecule has 1 aliphatic heterocycles. The van der Waals surface area contributed by atoms with Crippen molar-refractivity contribution in [1.82, 2.24) is 4.98 Å². The van der Waals surface area contributed by atoms with Crippen molar-refractivity contribution in [2.24, 2.45) is 0 Å². The molecule has 0 amide bonds. The van der Waals surface area contributed by atoms with Gasteiger partial charge < -0.3 is 5.32 Å². The molecule has 2 nitrogen and oxygen atoms in total. The van der Waals surface area contributed by atoms with E-state index in [2.05, 4.69) is 54.7 Å². The fraction of sp³-hybridized carbons (Fsp3) is 0.188. The first-order chi connectivity index (χ1) is 9.31. The lowest BCUT2D eigenvalue weighted by Crippen LogP contribution is -2.04. The summed E-state index contributed by atoms with van der Waals surface area (Å²) >= 11 is 1.81. The molecular formula is C16H14N2S. The molecule has 94 valence electrons. The van der Waals surface area contributed by atoms with Crippen LogP contribution in [0.4, 0.5) is 5.69 Å². The Hall–Kier alpha value is -1.87. The van der Waals surface area contributed by atoms with Crippen LogP contribution in [0.5, 0.6) is 0 Å². The fourth-order valence-corrected chi connectivity index (χ4v) is 3.80. The summed E-state index contributed by atoms with van der Waals surface area (Å²) in [5.41, 5.74) is 5.06. The van der Waals surface area contributed by atoms with E-state index in [1.807, 2.05) is 0 Å². The zero-order valence-electron chi connectivity index (χ0n) is 10.7. The summed E-state index contributed by atoms with van der Waals surface area (Å²) in [7, 11) is 0. The molecule has 19 heavy (non-hydrogen) atoms. The molecule has 0 spiro atoms. The van der Waals surface area contributed by atoms with Gasteiger partial charge in [-0.2, -0.15) is 0 Å². The largest absolute Gasteiger partial charge is 0.375 e. The van der Waals surface area contributed by atoms with Crippen molar-refractivity contribution in [2.45, 2.75) is 19.4 Å². The lowest BCUT2D eigenvalue weighted by atomic mass is 10.1. The Morgan fingerprint density at radius 1 is 1.16 bits per heavy atom. The highest BCUT2D eigenvalue weighted by molar-refractivity contribution is 7.18. The van der Waals surface area contributed by atoms with Gasteiger partial charge in [0.1, 0.15) is 5.01 Å². The maximum Gasteiger partial charge on any atom is 0.117 e. The maximum atomic E-state index is 4.83. The van der Waals surface area contributed by atoms with Gasteiger partial charge in [0.25, 0.3) is 0 Å². The van der Waals surface area contributed by atoms with Crippen LogP contribution < -0.4 is 5.32 Å². The molecule has 2 aromatic carbocycles. The lowest BCUT2D eigenvalue weighted by molar-refractivity contribution is 0.816. The molecule has 1 N–H and O–H groups in total. The predicted molar refractivity (Wildman–Crippen MR) is 80.9 cm³/mol. The summed E-state index contributed by atoms with van der Waals surface area (Å²) in [6, 6.07) is 15.2. The fourth-order valence-electron chi connectivity index (χ4n) is 2.70. The van der Waals surface area contributed by atoms with Crippen LogP contribution in [0.25, 0.3) is 10.2 Å². The molecule has 0 fully saturated rings. The Bertz CT molecular complexity index is 735. The SMILES string of the molecule is Cc1cccc2sc(C3Cc4ccccc4N3)nc12. The molecule has 0 saturated heterocycles. The van der Waals surface area contributed by atoms with E-state index in [1.54, 1.807) is 11.3 Å². The molecule has 1 aromatic heterocycles. The highest BCUT2D eigenvalue weighted by Crippen LogP contribution is 2.37. The molecule has 3 heteroatoms. The van der Waals surface area contributed by atoms with E-state index in [0.717, 1.165) is 11.9 Å². The summed E-state index contributed by atoms with van der Waals surface area (Å²) < 4.78 is 1.28. The average Bonchev–Trinajstić information content (AvgIpc) is 3.02. The topological polar surface area (TPSA) is 24.9 Å². The number of rotatable bonds is 1. The van der Waals surface area contributed by atoms with Gasteiger partial charge >= 0.3 is 0 Å². The van der Waals surface area contributed by atoms with Crippen molar-refractivity contribution in [3.63, 3.8) is 0 Å². The van der Waals surface area contributed by atoms with Crippen LogP contribution in [-0.4, -0.2) is 4.98 Å². The Morgan fingerprint density at radius 3 is 2.89 bits per heavy atom. The first-order valence-electron chi connectivity index (χ1n) is 6.52. The molecule has 1 aliphatic rings. The maximum absolute atomic E-state index is 4.83. The predicted octanol–water partition coefficient (Wildman–Crippen LogP) is 4.31. The van der Waals surface area contributed by atoms with E-state index in [1.165, 1.54) is 26.5 Å². The number of fused-ring (bicyclic) bond motifs is 2. The zero-order valence-corrected chi connectivity index (χ0v) is 11.5. The monoisotopic (exact) mass is 266 g/mol. The summed E-state index contributed by atoms with van der Waals surface area (Å²) in [5, 5.41) is 4.77. The number of anilines is 1. The second kappa shape index (κ2) is 4.07. The number of nitrogens with zero attached hydrogens (tertiary/aromatic N) is 1. The molecule has 3 aromatic rings. The summed E-state index contributed by atoms with van der Waals surface area (Å²) in [5.74, 6) is 0. The van der Waals surface area contributed by atoms with Gasteiger partial charge in [0.2, 0.25) is 0 Å². The molecule has 0 bridgehead atoms. The minimum atomic E-state index is 0.328. The second-order valence-electron chi connectivity index (χ2n) is 5.03. The first kappa shape index (κ1) is 11.0. The van der Waals surface area contributed by atoms with Crippen molar-refractivity contribution in [1.29, 1.82) is 0 Å². The van der Waals surface area contributed by atoms with Crippen LogP contribution in [-0.2, 0) is 6.42 Å². The third-order valence-electron chi connectivity index (χ3n) is 3.71. The van der Waals surface area contributed by atoms with Crippen molar-refractivity contribution >= 4 is 27.2 Å². The normalized spacial score (nSPS) is 17.4. The summed E-state index contributed by atoms with van der Waals surface area (Å²) in [6.07, 6.45) is 1.04. The number of aromatic nitrogens is 1. The van der Waals surface area contributed by atoms with Gasteiger partial charge in [0, 0.05) is 12.1 Å². The Morgan fingerprint density at radius 2 is 2.05 bits per heavy atom. The van der Waals surface area contributed by atoms with E-state index in [4.69, 9.17) is 4.98 Å². The Labute approximate surface area is 116 Å². The lowest BCUT2D eigenvalue weighted by Gasteiger charge is -2.06. The molecular weight excluding hydrogens is 252 g/mol. The number of hydrogen-bond acceptors (Lipinski definition) is 3. The van der Waals surface area contributed by atoms with Gasteiger partial charge in [-0.25, -0.2) is 4.98 Å². The number of thiazole rings is 1. The number of para-hydroxylation sites is 2. The van der Waals surface area contributed by atoms with Crippen LogP contribution in [0.15, 0.2) is 42.5 Å². The van der Waals surface area contributed by atoms with E-state index in [9.17, 15) is 0 Å². The van der Waals surface area contributed by atoms with Gasteiger partial charge in [-0.05, 0) is 30.2 Å².